The summed E-state index contributed by atoms with van der Waals surface area (Å²) in [6, 6.07) is 9.09. The molecule has 1 fully saturated rings. The van der Waals surface area contributed by atoms with Gasteiger partial charge in [-0.15, -0.1) is 0 Å². The molecule has 0 saturated carbocycles. The molecule has 17 heavy (non-hydrogen) atoms. The van der Waals surface area contributed by atoms with E-state index in [2.05, 4.69) is 11.4 Å². The van der Waals surface area contributed by atoms with Gasteiger partial charge in [0.15, 0.2) is 0 Å². The molecular formula is C13H14N2O2. The van der Waals surface area contributed by atoms with Crippen molar-refractivity contribution >= 4 is 11.6 Å². The van der Waals surface area contributed by atoms with Gasteiger partial charge in [0.2, 0.25) is 5.91 Å². The number of hydrogen-bond donors (Lipinski definition) is 1. The van der Waals surface area contributed by atoms with Crippen molar-refractivity contribution in [3.05, 3.63) is 29.8 Å². The van der Waals surface area contributed by atoms with Gasteiger partial charge in [-0.2, -0.15) is 5.26 Å². The van der Waals surface area contributed by atoms with E-state index in [-0.39, 0.29) is 11.8 Å². The Hall–Kier alpha value is -1.86. The Morgan fingerprint density at radius 1 is 1.35 bits per heavy atom. The van der Waals surface area contributed by atoms with Gasteiger partial charge < -0.3 is 10.1 Å². The molecule has 4 nitrogen and oxygen atoms in total. The number of carbonyl (C=O) groups is 1. The van der Waals surface area contributed by atoms with Crippen molar-refractivity contribution in [3.63, 3.8) is 0 Å². The van der Waals surface area contributed by atoms with E-state index < -0.39 is 0 Å². The lowest BCUT2D eigenvalue weighted by Crippen LogP contribution is -2.28. The van der Waals surface area contributed by atoms with Crippen molar-refractivity contribution in [2.75, 3.05) is 18.5 Å². The molecule has 88 valence electrons. The predicted octanol–water partition coefficient (Wildman–Crippen LogP) is 1.92. The highest BCUT2D eigenvalue weighted by molar-refractivity contribution is 5.93. The average Bonchev–Trinajstić information content (AvgIpc) is 2.40. The van der Waals surface area contributed by atoms with Crippen LogP contribution in [0.2, 0.25) is 0 Å². The first-order valence-electron chi connectivity index (χ1n) is 5.69. The number of nitrogens with one attached hydrogen (secondary N) is 1. The van der Waals surface area contributed by atoms with Gasteiger partial charge in [0.1, 0.15) is 6.07 Å². The second-order valence-corrected chi connectivity index (χ2v) is 4.03. The predicted molar refractivity (Wildman–Crippen MR) is 63.3 cm³/mol. The molecule has 0 aliphatic carbocycles. The number of nitriles is 1. The molecule has 0 spiro atoms. The molecule has 0 bridgehead atoms. The van der Waals surface area contributed by atoms with E-state index in [0.29, 0.717) is 24.5 Å². The van der Waals surface area contributed by atoms with Gasteiger partial charge in [0, 0.05) is 19.1 Å². The molecule has 0 atom stereocenters. The maximum absolute atomic E-state index is 12.0. The number of carbonyl (C=O) groups excluding carboxylic acids is 1. The van der Waals surface area contributed by atoms with Gasteiger partial charge in [-0.25, -0.2) is 0 Å². The molecule has 0 radical (unpaired) electrons. The molecule has 1 aliphatic rings. The minimum absolute atomic E-state index is 0.00417. The first-order chi connectivity index (χ1) is 8.31. The lowest BCUT2D eigenvalue weighted by Gasteiger charge is -2.21. The monoisotopic (exact) mass is 230 g/mol. The zero-order chi connectivity index (χ0) is 12.1. The third-order valence-electron chi connectivity index (χ3n) is 2.90. The summed E-state index contributed by atoms with van der Waals surface area (Å²) >= 11 is 0. The van der Waals surface area contributed by atoms with E-state index in [1.165, 1.54) is 0 Å². The van der Waals surface area contributed by atoms with Crippen LogP contribution in [-0.4, -0.2) is 19.1 Å². The molecular weight excluding hydrogens is 216 g/mol. The Bertz CT molecular complexity index is 445. The lowest BCUT2D eigenvalue weighted by atomic mass is 9.99. The van der Waals surface area contributed by atoms with Crippen molar-refractivity contribution in [2.45, 2.75) is 12.8 Å². The highest BCUT2D eigenvalue weighted by Gasteiger charge is 2.21. The Labute approximate surface area is 100 Å². The summed E-state index contributed by atoms with van der Waals surface area (Å²) in [6.07, 6.45) is 1.50. The van der Waals surface area contributed by atoms with Crippen molar-refractivity contribution in [2.24, 2.45) is 5.92 Å². The van der Waals surface area contributed by atoms with E-state index in [4.69, 9.17) is 10.00 Å². The Morgan fingerprint density at radius 2 is 2.06 bits per heavy atom. The van der Waals surface area contributed by atoms with Crippen LogP contribution in [0.3, 0.4) is 0 Å². The summed E-state index contributed by atoms with van der Waals surface area (Å²) < 4.78 is 5.21. The molecule has 1 N–H and O–H groups in total. The summed E-state index contributed by atoms with van der Waals surface area (Å²) in [5.74, 6) is -0.0218. The molecule has 4 heteroatoms. The van der Waals surface area contributed by atoms with Crippen LogP contribution < -0.4 is 5.32 Å². The van der Waals surface area contributed by atoms with Crippen LogP contribution >= 0.6 is 0 Å². The number of amides is 1. The van der Waals surface area contributed by atoms with Gasteiger partial charge in [-0.05, 0) is 25.0 Å². The Balaban J connectivity index is 2.05. The highest BCUT2D eigenvalue weighted by Crippen LogP contribution is 2.19. The summed E-state index contributed by atoms with van der Waals surface area (Å²) in [7, 11) is 0. The second-order valence-electron chi connectivity index (χ2n) is 4.03. The standard InChI is InChI=1S/C13H14N2O2/c14-9-11-3-1-2-4-12(11)15-13(16)10-5-7-17-8-6-10/h1-4,10H,5-8H2,(H,15,16). The Morgan fingerprint density at radius 3 is 2.76 bits per heavy atom. The zero-order valence-electron chi connectivity index (χ0n) is 9.48. The number of nitrogens with zero attached hydrogens (tertiary/aromatic N) is 1. The van der Waals surface area contributed by atoms with Crippen molar-refractivity contribution in [1.82, 2.24) is 0 Å². The van der Waals surface area contributed by atoms with Gasteiger partial charge in [0.05, 0.1) is 11.3 Å². The van der Waals surface area contributed by atoms with Crippen LogP contribution in [0.1, 0.15) is 18.4 Å². The first-order valence-corrected chi connectivity index (χ1v) is 5.69. The third kappa shape index (κ3) is 2.83. The molecule has 1 saturated heterocycles. The van der Waals surface area contributed by atoms with E-state index in [0.717, 1.165) is 12.8 Å². The molecule has 0 unspecified atom stereocenters. The van der Waals surface area contributed by atoms with Crippen LogP contribution in [0.5, 0.6) is 0 Å². The molecule has 1 aromatic carbocycles. The maximum Gasteiger partial charge on any atom is 0.227 e. The van der Waals surface area contributed by atoms with Crippen molar-refractivity contribution < 1.29 is 9.53 Å². The Kier molecular flexibility index (Phi) is 3.73. The van der Waals surface area contributed by atoms with Crippen LogP contribution in [0, 0.1) is 17.2 Å². The minimum atomic E-state index is -0.0176. The molecule has 2 rings (SSSR count). The molecule has 0 aromatic heterocycles. The normalized spacial score (nSPS) is 16.2. The van der Waals surface area contributed by atoms with Gasteiger partial charge >= 0.3 is 0 Å². The number of hydrogen-bond acceptors (Lipinski definition) is 3. The number of anilines is 1. The van der Waals surface area contributed by atoms with Crippen LogP contribution in [0.4, 0.5) is 5.69 Å². The summed E-state index contributed by atoms with van der Waals surface area (Å²) in [5.41, 5.74) is 1.08. The quantitative estimate of drug-likeness (QED) is 0.844. The second kappa shape index (κ2) is 5.46. The van der Waals surface area contributed by atoms with Crippen molar-refractivity contribution in [1.29, 1.82) is 5.26 Å². The van der Waals surface area contributed by atoms with E-state index in [9.17, 15) is 4.79 Å². The summed E-state index contributed by atoms with van der Waals surface area (Å²) in [6.45, 7) is 1.27. The maximum atomic E-state index is 12.0. The third-order valence-corrected chi connectivity index (χ3v) is 2.90. The van der Waals surface area contributed by atoms with Crippen LogP contribution in [0.25, 0.3) is 0 Å². The van der Waals surface area contributed by atoms with Gasteiger partial charge in [-0.3, -0.25) is 4.79 Å². The number of rotatable bonds is 2. The van der Waals surface area contributed by atoms with E-state index in [1.807, 2.05) is 0 Å². The molecule has 1 aromatic rings. The first kappa shape index (κ1) is 11.6. The van der Waals surface area contributed by atoms with Gasteiger partial charge in [0.25, 0.3) is 0 Å². The fourth-order valence-electron chi connectivity index (χ4n) is 1.88. The van der Waals surface area contributed by atoms with Crippen molar-refractivity contribution in [3.8, 4) is 6.07 Å². The number of ether oxygens (including phenoxy) is 1. The fraction of sp³-hybridized carbons (Fsp3) is 0.385. The zero-order valence-corrected chi connectivity index (χ0v) is 9.48. The fourth-order valence-corrected chi connectivity index (χ4v) is 1.88. The van der Waals surface area contributed by atoms with Crippen LogP contribution in [-0.2, 0) is 9.53 Å². The average molecular weight is 230 g/mol. The molecule has 1 aliphatic heterocycles. The van der Waals surface area contributed by atoms with Gasteiger partial charge in [-0.1, -0.05) is 12.1 Å². The highest BCUT2D eigenvalue weighted by atomic mass is 16.5. The number of para-hydroxylation sites is 1. The van der Waals surface area contributed by atoms with E-state index in [1.54, 1.807) is 24.3 Å². The van der Waals surface area contributed by atoms with E-state index >= 15 is 0 Å². The largest absolute Gasteiger partial charge is 0.381 e. The number of benzene rings is 1. The SMILES string of the molecule is N#Cc1ccccc1NC(=O)C1CCOCC1. The molecule has 1 amide bonds. The summed E-state index contributed by atoms with van der Waals surface area (Å²) in [5, 5.41) is 11.7. The lowest BCUT2D eigenvalue weighted by molar-refractivity contribution is -0.122. The van der Waals surface area contributed by atoms with Crippen LogP contribution in [0.15, 0.2) is 24.3 Å². The smallest absolute Gasteiger partial charge is 0.227 e. The minimum Gasteiger partial charge on any atom is -0.381 e. The summed E-state index contributed by atoms with van der Waals surface area (Å²) in [4.78, 5) is 12.0. The topological polar surface area (TPSA) is 62.1 Å². The molecule has 1 heterocycles.